The molecule has 2 heteroatoms. The third-order valence-electron chi connectivity index (χ3n) is 2.57. The predicted octanol–water partition coefficient (Wildman–Crippen LogP) is 1.90. The minimum atomic E-state index is -0.242. The predicted molar refractivity (Wildman–Crippen MR) is 52.3 cm³/mol. The first-order valence-corrected chi connectivity index (χ1v) is 4.44. The minimum absolute atomic E-state index is 0.242. The van der Waals surface area contributed by atoms with Crippen LogP contribution in [-0.4, -0.2) is 5.11 Å². The maximum Gasteiger partial charge on any atom is 0.115 e. The summed E-state index contributed by atoms with van der Waals surface area (Å²) >= 11 is 0. The van der Waals surface area contributed by atoms with Gasteiger partial charge in [-0.2, -0.15) is 0 Å². The summed E-state index contributed by atoms with van der Waals surface area (Å²) in [5.41, 5.74) is 7.04. The molecule has 1 aliphatic carbocycles. The molecule has 0 aliphatic heterocycles. The van der Waals surface area contributed by atoms with Crippen LogP contribution in [0.5, 0.6) is 5.75 Å². The normalized spacial score (nSPS) is 19.2. The molecular weight excluding hydrogens is 162 g/mol. The first-order valence-electron chi connectivity index (χ1n) is 4.44. The van der Waals surface area contributed by atoms with Gasteiger partial charge in [0, 0.05) is 5.54 Å². The Labute approximate surface area is 77.7 Å². The fraction of sp³-hybridized carbons (Fsp3) is 0.273. The molecule has 2 rings (SSSR count). The second kappa shape index (κ2) is 2.89. The summed E-state index contributed by atoms with van der Waals surface area (Å²) in [6, 6.07) is 7.15. The summed E-state index contributed by atoms with van der Waals surface area (Å²) in [6.45, 7) is 0. The number of benzene rings is 1. The molecule has 0 heterocycles. The van der Waals surface area contributed by atoms with Crippen LogP contribution in [0.25, 0.3) is 0 Å². The smallest absolute Gasteiger partial charge is 0.115 e. The lowest BCUT2D eigenvalue weighted by Crippen LogP contribution is -2.33. The van der Waals surface area contributed by atoms with Crippen LogP contribution in [0.2, 0.25) is 0 Å². The van der Waals surface area contributed by atoms with E-state index in [9.17, 15) is 0 Å². The molecule has 1 aromatic carbocycles. The second-order valence-electron chi connectivity index (χ2n) is 3.58. The molecule has 0 radical (unpaired) electrons. The van der Waals surface area contributed by atoms with Gasteiger partial charge in [0.15, 0.2) is 0 Å². The maximum atomic E-state index is 9.13. The Kier molecular flexibility index (Phi) is 1.85. The summed E-state index contributed by atoms with van der Waals surface area (Å²) in [5.74, 6) is 0.290. The van der Waals surface area contributed by atoms with Crippen molar-refractivity contribution in [1.82, 2.24) is 0 Å². The van der Waals surface area contributed by atoms with Gasteiger partial charge in [0.2, 0.25) is 0 Å². The van der Waals surface area contributed by atoms with Crippen molar-refractivity contribution in [2.75, 3.05) is 0 Å². The van der Waals surface area contributed by atoms with E-state index in [0.717, 1.165) is 18.4 Å². The highest BCUT2D eigenvalue weighted by Gasteiger charge is 2.27. The van der Waals surface area contributed by atoms with Gasteiger partial charge >= 0.3 is 0 Å². The number of rotatable bonds is 1. The molecule has 0 amide bonds. The van der Waals surface area contributed by atoms with Crippen LogP contribution in [0.15, 0.2) is 36.4 Å². The van der Waals surface area contributed by atoms with Crippen molar-refractivity contribution in [3.63, 3.8) is 0 Å². The Morgan fingerprint density at radius 2 is 1.62 bits per heavy atom. The van der Waals surface area contributed by atoms with Crippen molar-refractivity contribution in [2.24, 2.45) is 5.73 Å². The van der Waals surface area contributed by atoms with Crippen LogP contribution in [0.4, 0.5) is 0 Å². The van der Waals surface area contributed by atoms with E-state index < -0.39 is 0 Å². The lowest BCUT2D eigenvalue weighted by atomic mass is 9.89. The van der Waals surface area contributed by atoms with Crippen molar-refractivity contribution in [2.45, 2.75) is 18.4 Å². The molecule has 0 aromatic heterocycles. The van der Waals surface area contributed by atoms with E-state index in [1.54, 1.807) is 12.1 Å². The number of nitrogens with two attached hydrogens (primary N) is 1. The van der Waals surface area contributed by atoms with Crippen LogP contribution in [0.1, 0.15) is 18.4 Å². The summed E-state index contributed by atoms with van der Waals surface area (Å²) in [7, 11) is 0. The van der Waals surface area contributed by atoms with Gasteiger partial charge in [0.05, 0.1) is 0 Å². The van der Waals surface area contributed by atoms with Crippen LogP contribution in [0, 0.1) is 0 Å². The van der Waals surface area contributed by atoms with Crippen molar-refractivity contribution in [1.29, 1.82) is 0 Å². The molecule has 2 nitrogen and oxygen atoms in total. The third-order valence-corrected chi connectivity index (χ3v) is 2.57. The van der Waals surface area contributed by atoms with Gasteiger partial charge < -0.3 is 10.8 Å². The summed E-state index contributed by atoms with van der Waals surface area (Å²) in [5, 5.41) is 9.13. The Morgan fingerprint density at radius 1 is 1.08 bits per heavy atom. The van der Waals surface area contributed by atoms with E-state index in [0.29, 0.717) is 5.75 Å². The van der Waals surface area contributed by atoms with E-state index in [1.165, 1.54) is 0 Å². The first-order chi connectivity index (χ1) is 6.21. The molecule has 0 saturated carbocycles. The zero-order valence-electron chi connectivity index (χ0n) is 7.40. The van der Waals surface area contributed by atoms with Crippen LogP contribution >= 0.6 is 0 Å². The fourth-order valence-corrected chi connectivity index (χ4v) is 1.70. The second-order valence-corrected chi connectivity index (χ2v) is 3.58. The standard InChI is InChI=1S/C11H13NO/c12-11(7-1-2-8-11)9-3-5-10(13)6-4-9/h1-6,13H,7-8,12H2. The molecule has 0 unspecified atom stereocenters. The number of hydrogen-bond donors (Lipinski definition) is 2. The molecule has 0 fully saturated rings. The SMILES string of the molecule is NC1(c2ccc(O)cc2)CC=CC1. The van der Waals surface area contributed by atoms with E-state index >= 15 is 0 Å². The molecule has 1 aromatic rings. The summed E-state index contributed by atoms with van der Waals surface area (Å²) < 4.78 is 0. The van der Waals surface area contributed by atoms with Gasteiger partial charge in [-0.25, -0.2) is 0 Å². The fourth-order valence-electron chi connectivity index (χ4n) is 1.70. The Bertz CT molecular complexity index is 318. The van der Waals surface area contributed by atoms with Crippen molar-refractivity contribution in [3.8, 4) is 5.75 Å². The quantitative estimate of drug-likeness (QED) is 0.640. The summed E-state index contributed by atoms with van der Waals surface area (Å²) in [6.07, 6.45) is 5.98. The van der Waals surface area contributed by atoms with Crippen molar-refractivity contribution >= 4 is 0 Å². The molecule has 68 valence electrons. The van der Waals surface area contributed by atoms with Crippen molar-refractivity contribution in [3.05, 3.63) is 42.0 Å². The van der Waals surface area contributed by atoms with Gasteiger partial charge in [0.25, 0.3) is 0 Å². The number of hydrogen-bond acceptors (Lipinski definition) is 2. The Hall–Kier alpha value is -1.28. The number of phenols is 1. The minimum Gasteiger partial charge on any atom is -0.508 e. The third kappa shape index (κ3) is 1.45. The topological polar surface area (TPSA) is 46.2 Å². The monoisotopic (exact) mass is 175 g/mol. The van der Waals surface area contributed by atoms with E-state index in [4.69, 9.17) is 10.8 Å². The molecule has 13 heavy (non-hydrogen) atoms. The lowest BCUT2D eigenvalue weighted by Gasteiger charge is -2.24. The highest BCUT2D eigenvalue weighted by molar-refractivity contribution is 5.33. The van der Waals surface area contributed by atoms with Crippen LogP contribution in [0.3, 0.4) is 0 Å². The highest BCUT2D eigenvalue weighted by Crippen LogP contribution is 2.32. The van der Waals surface area contributed by atoms with Crippen LogP contribution < -0.4 is 5.73 Å². The average Bonchev–Trinajstić information content (AvgIpc) is 2.54. The van der Waals surface area contributed by atoms with Crippen molar-refractivity contribution < 1.29 is 5.11 Å². The number of phenolic OH excluding ortho intramolecular Hbond substituents is 1. The molecule has 0 spiro atoms. The summed E-state index contributed by atoms with van der Waals surface area (Å²) in [4.78, 5) is 0. The zero-order chi connectivity index (χ0) is 9.31. The molecular formula is C11H13NO. The molecule has 0 bridgehead atoms. The zero-order valence-corrected chi connectivity index (χ0v) is 7.40. The number of aromatic hydroxyl groups is 1. The average molecular weight is 175 g/mol. The van der Waals surface area contributed by atoms with Crippen LogP contribution in [-0.2, 0) is 5.54 Å². The van der Waals surface area contributed by atoms with Gasteiger partial charge in [0.1, 0.15) is 5.75 Å². The lowest BCUT2D eigenvalue weighted by molar-refractivity contribution is 0.466. The van der Waals surface area contributed by atoms with Gasteiger partial charge in [-0.1, -0.05) is 24.3 Å². The highest BCUT2D eigenvalue weighted by atomic mass is 16.3. The maximum absolute atomic E-state index is 9.13. The molecule has 1 aliphatic rings. The molecule has 3 N–H and O–H groups in total. The Morgan fingerprint density at radius 3 is 2.15 bits per heavy atom. The van der Waals surface area contributed by atoms with E-state index in [-0.39, 0.29) is 5.54 Å². The Balaban J connectivity index is 2.30. The van der Waals surface area contributed by atoms with E-state index in [2.05, 4.69) is 12.2 Å². The van der Waals surface area contributed by atoms with E-state index in [1.807, 2.05) is 12.1 Å². The molecule has 0 atom stereocenters. The van der Waals surface area contributed by atoms with Gasteiger partial charge in [-0.3, -0.25) is 0 Å². The van der Waals surface area contributed by atoms with Gasteiger partial charge in [-0.05, 0) is 30.5 Å². The van der Waals surface area contributed by atoms with Gasteiger partial charge in [-0.15, -0.1) is 0 Å². The largest absolute Gasteiger partial charge is 0.508 e. The molecule has 0 saturated heterocycles. The first kappa shape index (κ1) is 8.32.